The van der Waals surface area contributed by atoms with Gasteiger partial charge in [-0.3, -0.25) is 9.78 Å². The average molecular weight is 285 g/mol. The summed E-state index contributed by atoms with van der Waals surface area (Å²) in [7, 11) is 1.62. The van der Waals surface area contributed by atoms with E-state index in [1.807, 2.05) is 31.2 Å². The fourth-order valence-corrected chi connectivity index (χ4v) is 1.93. The highest BCUT2D eigenvalue weighted by Gasteiger charge is 2.04. The van der Waals surface area contributed by atoms with E-state index in [1.54, 1.807) is 19.2 Å². The SMILES string of the molecule is CNC(=O)Cc1ccc(NCc2nc(C)ccc2O)cc1. The van der Waals surface area contributed by atoms with E-state index in [0.717, 1.165) is 16.9 Å². The van der Waals surface area contributed by atoms with Crippen LogP contribution in [0, 0.1) is 6.92 Å². The number of benzene rings is 1. The Labute approximate surface area is 124 Å². The number of rotatable bonds is 5. The zero-order valence-corrected chi connectivity index (χ0v) is 12.2. The van der Waals surface area contributed by atoms with Gasteiger partial charge >= 0.3 is 0 Å². The fourth-order valence-electron chi connectivity index (χ4n) is 1.93. The molecule has 0 atom stereocenters. The molecular formula is C16H19N3O2. The van der Waals surface area contributed by atoms with E-state index >= 15 is 0 Å². The summed E-state index contributed by atoms with van der Waals surface area (Å²) >= 11 is 0. The van der Waals surface area contributed by atoms with Crippen LogP contribution in [-0.4, -0.2) is 23.0 Å². The Balaban J connectivity index is 1.97. The van der Waals surface area contributed by atoms with Crippen molar-refractivity contribution in [2.24, 2.45) is 0 Å². The van der Waals surface area contributed by atoms with Gasteiger partial charge in [-0.1, -0.05) is 12.1 Å². The van der Waals surface area contributed by atoms with Crippen molar-refractivity contribution in [2.75, 3.05) is 12.4 Å². The van der Waals surface area contributed by atoms with Gasteiger partial charge in [0, 0.05) is 18.4 Å². The Hall–Kier alpha value is -2.56. The predicted molar refractivity (Wildman–Crippen MR) is 82.2 cm³/mol. The Morgan fingerprint density at radius 2 is 1.90 bits per heavy atom. The molecule has 2 aromatic rings. The Bertz CT molecular complexity index is 624. The van der Waals surface area contributed by atoms with Crippen molar-refractivity contribution in [1.29, 1.82) is 0 Å². The normalized spacial score (nSPS) is 10.2. The molecule has 5 nitrogen and oxygen atoms in total. The number of anilines is 1. The first-order valence-corrected chi connectivity index (χ1v) is 6.77. The van der Waals surface area contributed by atoms with Crippen LogP contribution in [0.1, 0.15) is 17.0 Å². The second-order valence-electron chi connectivity index (χ2n) is 4.82. The number of carbonyl (C=O) groups is 1. The maximum absolute atomic E-state index is 11.3. The minimum absolute atomic E-state index is 0.00964. The fraction of sp³-hybridized carbons (Fsp3) is 0.250. The van der Waals surface area contributed by atoms with Gasteiger partial charge in [-0.15, -0.1) is 0 Å². The first-order valence-electron chi connectivity index (χ1n) is 6.77. The van der Waals surface area contributed by atoms with Crippen LogP contribution >= 0.6 is 0 Å². The molecule has 0 aliphatic carbocycles. The van der Waals surface area contributed by atoms with E-state index in [4.69, 9.17) is 0 Å². The second-order valence-corrected chi connectivity index (χ2v) is 4.82. The molecule has 1 amide bonds. The van der Waals surface area contributed by atoms with Gasteiger partial charge in [0.2, 0.25) is 5.91 Å². The number of hydrogen-bond acceptors (Lipinski definition) is 4. The standard InChI is InChI=1S/C16H19N3O2/c1-11-3-8-15(20)14(19-11)10-18-13-6-4-12(5-7-13)9-16(21)17-2/h3-8,18,20H,9-10H2,1-2H3,(H,17,21). The van der Waals surface area contributed by atoms with Crippen LogP contribution in [-0.2, 0) is 17.8 Å². The molecule has 0 unspecified atom stereocenters. The van der Waals surface area contributed by atoms with E-state index in [-0.39, 0.29) is 11.7 Å². The summed E-state index contributed by atoms with van der Waals surface area (Å²) in [6.07, 6.45) is 0.372. The first kappa shape index (κ1) is 14.8. The van der Waals surface area contributed by atoms with Gasteiger partial charge in [-0.25, -0.2) is 0 Å². The molecular weight excluding hydrogens is 266 g/mol. The van der Waals surface area contributed by atoms with Crippen molar-refractivity contribution in [1.82, 2.24) is 10.3 Å². The largest absolute Gasteiger partial charge is 0.506 e. The third-order valence-corrected chi connectivity index (χ3v) is 3.15. The van der Waals surface area contributed by atoms with Gasteiger partial charge in [0.05, 0.1) is 13.0 Å². The molecule has 0 saturated heterocycles. The van der Waals surface area contributed by atoms with Crippen LogP contribution in [0.5, 0.6) is 5.75 Å². The van der Waals surface area contributed by atoms with Crippen LogP contribution in [0.4, 0.5) is 5.69 Å². The quantitative estimate of drug-likeness (QED) is 0.785. The molecule has 0 aliphatic rings. The highest BCUT2D eigenvalue weighted by atomic mass is 16.3. The number of nitrogens with zero attached hydrogens (tertiary/aromatic N) is 1. The average Bonchev–Trinajstić information content (AvgIpc) is 2.49. The number of nitrogens with one attached hydrogen (secondary N) is 2. The Kier molecular flexibility index (Phi) is 4.77. The van der Waals surface area contributed by atoms with Crippen molar-refractivity contribution in [2.45, 2.75) is 19.9 Å². The van der Waals surface area contributed by atoms with Gasteiger partial charge in [-0.2, -0.15) is 0 Å². The van der Waals surface area contributed by atoms with E-state index in [0.29, 0.717) is 18.7 Å². The number of pyridine rings is 1. The molecule has 110 valence electrons. The van der Waals surface area contributed by atoms with E-state index in [9.17, 15) is 9.90 Å². The summed E-state index contributed by atoms with van der Waals surface area (Å²) in [5, 5.41) is 15.5. The molecule has 5 heteroatoms. The summed E-state index contributed by atoms with van der Waals surface area (Å²) in [5.41, 5.74) is 3.35. The number of carbonyl (C=O) groups excluding carboxylic acids is 1. The lowest BCUT2D eigenvalue weighted by Gasteiger charge is -2.09. The van der Waals surface area contributed by atoms with Gasteiger partial charge in [0.15, 0.2) is 0 Å². The number of aromatic nitrogens is 1. The molecule has 0 saturated carbocycles. The van der Waals surface area contributed by atoms with E-state index in [1.165, 1.54) is 0 Å². The molecule has 1 aromatic heterocycles. The predicted octanol–water partition coefficient (Wildman–Crippen LogP) is 2.00. The molecule has 0 bridgehead atoms. The zero-order valence-electron chi connectivity index (χ0n) is 12.2. The molecule has 0 aliphatic heterocycles. The summed E-state index contributed by atoms with van der Waals surface area (Å²) < 4.78 is 0. The molecule has 0 radical (unpaired) electrons. The lowest BCUT2D eigenvalue weighted by atomic mass is 10.1. The molecule has 1 aromatic carbocycles. The smallest absolute Gasteiger partial charge is 0.224 e. The van der Waals surface area contributed by atoms with Crippen LogP contribution in [0.3, 0.4) is 0 Å². The highest BCUT2D eigenvalue weighted by Crippen LogP contribution is 2.17. The Morgan fingerprint density at radius 3 is 2.57 bits per heavy atom. The van der Waals surface area contributed by atoms with E-state index in [2.05, 4.69) is 15.6 Å². The van der Waals surface area contributed by atoms with Gasteiger partial charge < -0.3 is 15.7 Å². The summed E-state index contributed by atoms with van der Waals surface area (Å²) in [6.45, 7) is 2.33. The lowest BCUT2D eigenvalue weighted by molar-refractivity contribution is -0.119. The number of hydrogen-bond donors (Lipinski definition) is 3. The topological polar surface area (TPSA) is 74.2 Å². The van der Waals surface area contributed by atoms with E-state index < -0.39 is 0 Å². The van der Waals surface area contributed by atoms with Crippen molar-refractivity contribution >= 4 is 11.6 Å². The zero-order chi connectivity index (χ0) is 15.2. The van der Waals surface area contributed by atoms with Crippen molar-refractivity contribution < 1.29 is 9.90 Å². The molecule has 1 heterocycles. The summed E-state index contributed by atoms with van der Waals surface area (Å²) in [6, 6.07) is 11.0. The maximum Gasteiger partial charge on any atom is 0.224 e. The monoisotopic (exact) mass is 285 g/mol. The Morgan fingerprint density at radius 1 is 1.19 bits per heavy atom. The lowest BCUT2D eigenvalue weighted by Crippen LogP contribution is -2.19. The number of aromatic hydroxyl groups is 1. The number of aryl methyl sites for hydroxylation is 1. The third-order valence-electron chi connectivity index (χ3n) is 3.15. The molecule has 3 N–H and O–H groups in total. The third kappa shape index (κ3) is 4.21. The molecule has 0 spiro atoms. The minimum Gasteiger partial charge on any atom is -0.506 e. The molecule has 21 heavy (non-hydrogen) atoms. The summed E-state index contributed by atoms with van der Waals surface area (Å²) in [5.74, 6) is 0.175. The van der Waals surface area contributed by atoms with Crippen LogP contribution in [0.2, 0.25) is 0 Å². The molecule has 2 rings (SSSR count). The highest BCUT2D eigenvalue weighted by molar-refractivity contribution is 5.78. The first-order chi connectivity index (χ1) is 10.1. The van der Waals surface area contributed by atoms with Crippen molar-refractivity contribution in [3.8, 4) is 5.75 Å². The molecule has 0 fully saturated rings. The van der Waals surface area contributed by atoms with Crippen molar-refractivity contribution in [3.63, 3.8) is 0 Å². The van der Waals surface area contributed by atoms with Gasteiger partial charge in [-0.05, 0) is 36.8 Å². The summed E-state index contributed by atoms with van der Waals surface area (Å²) in [4.78, 5) is 15.6. The van der Waals surface area contributed by atoms with Gasteiger partial charge in [0.1, 0.15) is 11.4 Å². The maximum atomic E-state index is 11.3. The van der Waals surface area contributed by atoms with Gasteiger partial charge in [0.25, 0.3) is 0 Å². The second kappa shape index (κ2) is 6.74. The van der Waals surface area contributed by atoms with Crippen molar-refractivity contribution in [3.05, 3.63) is 53.3 Å². The number of amides is 1. The number of likely N-dealkylation sites (N-methyl/N-ethyl adjacent to an activating group) is 1. The minimum atomic E-state index is -0.00964. The van der Waals surface area contributed by atoms with Crippen LogP contribution in [0.15, 0.2) is 36.4 Å². The van der Waals surface area contributed by atoms with Crippen LogP contribution < -0.4 is 10.6 Å². The van der Waals surface area contributed by atoms with Crippen LogP contribution in [0.25, 0.3) is 0 Å².